The van der Waals surface area contributed by atoms with Gasteiger partial charge in [-0.1, -0.05) is 24.3 Å². The van der Waals surface area contributed by atoms with E-state index in [1.54, 1.807) is 37.3 Å². The fraction of sp³-hybridized carbons (Fsp3) is 0.176. The average Bonchev–Trinajstić information content (AvgIpc) is 2.61. The molecular weight excluding hydrogens is 375 g/mol. The number of hydrazone groups is 1. The second kappa shape index (κ2) is 8.35. The van der Waals surface area contributed by atoms with Crippen LogP contribution in [0.4, 0.5) is 10.1 Å². The van der Waals surface area contributed by atoms with Gasteiger partial charge in [-0.2, -0.15) is 5.10 Å². The molecule has 2 aromatic carbocycles. The van der Waals surface area contributed by atoms with Gasteiger partial charge in [-0.05, 0) is 49.0 Å². The Hall–Kier alpha value is -2.36. The highest BCUT2D eigenvalue weighted by Crippen LogP contribution is 2.15. The van der Waals surface area contributed by atoms with Crippen LogP contribution in [0.1, 0.15) is 12.5 Å². The van der Waals surface area contributed by atoms with Crippen LogP contribution in [-0.2, 0) is 10.0 Å². The van der Waals surface area contributed by atoms with E-state index < -0.39 is 15.8 Å². The molecule has 138 valence electrons. The third-order valence-corrected chi connectivity index (χ3v) is 5.52. The van der Waals surface area contributed by atoms with Crippen molar-refractivity contribution < 1.29 is 12.8 Å². The first-order valence-corrected chi connectivity index (χ1v) is 9.45. The molecule has 0 aliphatic heterocycles. The Balaban J connectivity index is 2.05. The van der Waals surface area contributed by atoms with Crippen molar-refractivity contribution in [2.24, 2.45) is 5.10 Å². The smallest absolute Gasteiger partial charge is 0.242 e. The number of anilines is 1. The van der Waals surface area contributed by atoms with E-state index in [0.717, 1.165) is 9.87 Å². The summed E-state index contributed by atoms with van der Waals surface area (Å²) in [7, 11) is -0.521. The molecule has 0 fully saturated rings. The predicted octanol–water partition coefficient (Wildman–Crippen LogP) is 2.79. The Bertz CT molecular complexity index is 926. The van der Waals surface area contributed by atoms with Crippen molar-refractivity contribution >= 4 is 38.8 Å². The number of halogens is 1. The van der Waals surface area contributed by atoms with Gasteiger partial charge < -0.3 is 5.32 Å². The summed E-state index contributed by atoms with van der Waals surface area (Å²) in [5.41, 5.74) is 4.20. The number of para-hydroxylation sites is 1. The maximum absolute atomic E-state index is 13.6. The van der Waals surface area contributed by atoms with Crippen molar-refractivity contribution in [3.05, 3.63) is 59.9 Å². The van der Waals surface area contributed by atoms with Crippen LogP contribution in [0.5, 0.6) is 0 Å². The van der Waals surface area contributed by atoms with Crippen LogP contribution >= 0.6 is 12.2 Å². The Morgan fingerprint density at radius 1 is 1.12 bits per heavy atom. The Morgan fingerprint density at radius 3 is 2.31 bits per heavy atom. The zero-order valence-electron chi connectivity index (χ0n) is 14.5. The highest BCUT2D eigenvalue weighted by Gasteiger charge is 2.16. The molecule has 9 heteroatoms. The van der Waals surface area contributed by atoms with E-state index in [2.05, 4.69) is 15.8 Å². The van der Waals surface area contributed by atoms with Gasteiger partial charge in [0.2, 0.25) is 10.0 Å². The molecule has 2 N–H and O–H groups in total. The number of nitrogens with one attached hydrogen (secondary N) is 2. The van der Waals surface area contributed by atoms with Gasteiger partial charge >= 0.3 is 0 Å². The molecular formula is C17H19FN4O2S2. The van der Waals surface area contributed by atoms with E-state index in [-0.39, 0.29) is 15.7 Å². The maximum Gasteiger partial charge on any atom is 0.242 e. The van der Waals surface area contributed by atoms with Crippen LogP contribution in [-0.4, -0.2) is 37.6 Å². The van der Waals surface area contributed by atoms with E-state index in [1.807, 2.05) is 0 Å². The van der Waals surface area contributed by atoms with E-state index in [9.17, 15) is 12.8 Å². The molecule has 0 aliphatic rings. The van der Waals surface area contributed by atoms with Crippen molar-refractivity contribution in [3.8, 4) is 0 Å². The third kappa shape index (κ3) is 4.84. The monoisotopic (exact) mass is 394 g/mol. The minimum absolute atomic E-state index is 0.140. The minimum atomic E-state index is -3.47. The van der Waals surface area contributed by atoms with Crippen molar-refractivity contribution in [1.82, 2.24) is 9.73 Å². The van der Waals surface area contributed by atoms with Gasteiger partial charge in [0.25, 0.3) is 0 Å². The van der Waals surface area contributed by atoms with Crippen molar-refractivity contribution in [2.75, 3.05) is 19.4 Å². The molecule has 0 atom stereocenters. The first-order valence-electron chi connectivity index (χ1n) is 7.60. The topological polar surface area (TPSA) is 73.8 Å². The second-order valence-electron chi connectivity index (χ2n) is 5.55. The van der Waals surface area contributed by atoms with Crippen molar-refractivity contribution in [2.45, 2.75) is 11.8 Å². The summed E-state index contributed by atoms with van der Waals surface area (Å²) in [4.78, 5) is 0.198. The molecule has 0 heterocycles. The lowest BCUT2D eigenvalue weighted by Crippen LogP contribution is -2.25. The number of hydrogen-bond donors (Lipinski definition) is 2. The Kier molecular flexibility index (Phi) is 6.41. The molecule has 0 unspecified atom stereocenters. The van der Waals surface area contributed by atoms with Gasteiger partial charge in [0, 0.05) is 14.1 Å². The molecule has 0 spiro atoms. The molecule has 0 saturated heterocycles. The lowest BCUT2D eigenvalue weighted by molar-refractivity contribution is 0.521. The first-order chi connectivity index (χ1) is 12.2. The summed E-state index contributed by atoms with van der Waals surface area (Å²) in [5, 5.41) is 6.98. The number of nitrogens with zero attached hydrogens (tertiary/aromatic N) is 2. The predicted molar refractivity (Wildman–Crippen MR) is 105 cm³/mol. The normalized spacial score (nSPS) is 12.1. The third-order valence-electron chi connectivity index (χ3n) is 3.50. The molecule has 6 nitrogen and oxygen atoms in total. The van der Waals surface area contributed by atoms with E-state index in [1.165, 1.54) is 32.3 Å². The van der Waals surface area contributed by atoms with Gasteiger partial charge in [-0.15, -0.1) is 0 Å². The minimum Gasteiger partial charge on any atom is -0.329 e. The Labute approximate surface area is 157 Å². The molecule has 0 aromatic heterocycles. The summed E-state index contributed by atoms with van der Waals surface area (Å²) < 4.78 is 38.8. The fourth-order valence-corrected chi connectivity index (χ4v) is 3.05. The SMILES string of the molecule is C/C(=N/NC(=S)Nc1ccccc1F)c1ccc(S(=O)(=O)N(C)C)cc1. The van der Waals surface area contributed by atoms with Gasteiger partial charge in [-0.25, -0.2) is 17.1 Å². The number of thiocarbonyl (C=S) groups is 1. The van der Waals surface area contributed by atoms with Crippen LogP contribution < -0.4 is 10.7 Å². The van der Waals surface area contributed by atoms with Crippen molar-refractivity contribution in [3.63, 3.8) is 0 Å². The van der Waals surface area contributed by atoms with Crippen LogP contribution in [0.2, 0.25) is 0 Å². The number of hydrogen-bond acceptors (Lipinski definition) is 4. The van der Waals surface area contributed by atoms with Gasteiger partial charge in [-0.3, -0.25) is 5.43 Å². The molecule has 0 saturated carbocycles. The largest absolute Gasteiger partial charge is 0.329 e. The lowest BCUT2D eigenvalue weighted by atomic mass is 10.1. The van der Waals surface area contributed by atoms with Gasteiger partial charge in [0.1, 0.15) is 5.82 Å². The standard InChI is InChI=1S/C17H19FN4O2S2/c1-12(13-8-10-14(11-9-13)26(23,24)22(2)3)20-21-17(25)19-16-7-5-4-6-15(16)18/h4-11H,1-3H3,(H2,19,21,25)/b20-12-. The van der Waals surface area contributed by atoms with Crippen LogP contribution in [0.3, 0.4) is 0 Å². The summed E-state index contributed by atoms with van der Waals surface area (Å²) >= 11 is 5.08. The van der Waals surface area contributed by atoms with E-state index in [0.29, 0.717) is 5.71 Å². The zero-order valence-corrected chi connectivity index (χ0v) is 16.2. The molecule has 26 heavy (non-hydrogen) atoms. The highest BCUT2D eigenvalue weighted by molar-refractivity contribution is 7.89. The van der Waals surface area contributed by atoms with Gasteiger partial charge in [0.05, 0.1) is 16.3 Å². The quantitative estimate of drug-likeness (QED) is 0.463. The summed E-state index contributed by atoms with van der Waals surface area (Å²) in [6.45, 7) is 1.74. The first kappa shape index (κ1) is 20.0. The van der Waals surface area contributed by atoms with Gasteiger partial charge in [0.15, 0.2) is 5.11 Å². The van der Waals surface area contributed by atoms with Crippen LogP contribution in [0.15, 0.2) is 58.5 Å². The summed E-state index contributed by atoms with van der Waals surface area (Å²) in [6, 6.07) is 12.5. The van der Waals surface area contributed by atoms with E-state index in [4.69, 9.17) is 12.2 Å². The second-order valence-corrected chi connectivity index (χ2v) is 8.11. The van der Waals surface area contributed by atoms with Crippen LogP contribution in [0, 0.1) is 5.82 Å². The molecule has 2 rings (SSSR count). The van der Waals surface area contributed by atoms with E-state index >= 15 is 0 Å². The molecule has 0 aliphatic carbocycles. The highest BCUT2D eigenvalue weighted by atomic mass is 32.2. The number of sulfonamides is 1. The number of rotatable bonds is 5. The summed E-state index contributed by atoms with van der Waals surface area (Å²) in [6.07, 6.45) is 0. The fourth-order valence-electron chi connectivity index (χ4n) is 1.99. The molecule has 0 amide bonds. The van der Waals surface area contributed by atoms with Crippen molar-refractivity contribution in [1.29, 1.82) is 0 Å². The maximum atomic E-state index is 13.6. The summed E-state index contributed by atoms with van der Waals surface area (Å²) in [5.74, 6) is -0.421. The molecule has 0 radical (unpaired) electrons. The van der Waals surface area contributed by atoms with Crippen LogP contribution in [0.25, 0.3) is 0 Å². The average molecular weight is 394 g/mol. The molecule has 2 aromatic rings. The Morgan fingerprint density at radius 2 is 1.73 bits per heavy atom. The zero-order chi connectivity index (χ0) is 19.3. The lowest BCUT2D eigenvalue weighted by Gasteiger charge is -2.12. The molecule has 0 bridgehead atoms. The number of benzene rings is 2.